The van der Waals surface area contributed by atoms with Gasteiger partial charge in [-0.2, -0.15) is 10.1 Å². The third kappa shape index (κ3) is 4.49. The van der Waals surface area contributed by atoms with Crippen molar-refractivity contribution in [2.24, 2.45) is 0 Å². The molecular weight excluding hydrogens is 342 g/mol. The van der Waals surface area contributed by atoms with Gasteiger partial charge in [0.1, 0.15) is 0 Å². The molecule has 140 valence electrons. The van der Waals surface area contributed by atoms with E-state index < -0.39 is 0 Å². The molecule has 0 bridgehead atoms. The number of nitrogens with one attached hydrogen (secondary N) is 1. The maximum absolute atomic E-state index is 12.5. The lowest BCUT2D eigenvalue weighted by Crippen LogP contribution is -2.27. The van der Waals surface area contributed by atoms with Gasteiger partial charge in [-0.3, -0.25) is 4.79 Å². The number of H-pyrrole nitrogens is 1. The number of benzene rings is 1. The molecule has 1 amide bonds. The summed E-state index contributed by atoms with van der Waals surface area (Å²) in [5, 5.41) is 4.23. The first-order valence-corrected chi connectivity index (χ1v) is 8.83. The van der Waals surface area contributed by atoms with Crippen molar-refractivity contribution in [3.8, 4) is 5.69 Å². The Morgan fingerprint density at radius 2 is 2.07 bits per heavy atom. The molecule has 0 aliphatic carbocycles. The Balaban J connectivity index is 1.63. The van der Waals surface area contributed by atoms with Crippen molar-refractivity contribution in [1.29, 1.82) is 0 Å². The predicted molar refractivity (Wildman–Crippen MR) is 103 cm³/mol. The maximum atomic E-state index is 12.5. The molecule has 0 saturated heterocycles. The summed E-state index contributed by atoms with van der Waals surface area (Å²) in [4.78, 5) is 32.2. The van der Waals surface area contributed by atoms with Gasteiger partial charge in [0.05, 0.1) is 5.69 Å². The minimum absolute atomic E-state index is 0.0458. The van der Waals surface area contributed by atoms with Crippen molar-refractivity contribution in [2.75, 3.05) is 7.05 Å². The second kappa shape index (κ2) is 7.99. The minimum Gasteiger partial charge on any atom is -0.341 e. The van der Waals surface area contributed by atoms with Crippen molar-refractivity contribution >= 4 is 5.91 Å². The van der Waals surface area contributed by atoms with Crippen LogP contribution < -0.4 is 5.69 Å². The van der Waals surface area contributed by atoms with Crippen LogP contribution in [-0.4, -0.2) is 37.6 Å². The Labute approximate surface area is 157 Å². The normalized spacial score (nSPS) is 10.8. The monoisotopic (exact) mass is 365 g/mol. The molecule has 0 spiro atoms. The van der Waals surface area contributed by atoms with Gasteiger partial charge in [-0.1, -0.05) is 12.1 Å². The molecular formula is C20H23N5O2. The van der Waals surface area contributed by atoms with Gasteiger partial charge < -0.3 is 9.88 Å². The number of rotatable bonds is 6. The van der Waals surface area contributed by atoms with Crippen LogP contribution in [0.2, 0.25) is 0 Å². The first-order valence-electron chi connectivity index (χ1n) is 8.83. The van der Waals surface area contributed by atoms with Gasteiger partial charge in [0, 0.05) is 43.8 Å². The van der Waals surface area contributed by atoms with Crippen LogP contribution in [0.15, 0.2) is 47.5 Å². The van der Waals surface area contributed by atoms with Gasteiger partial charge in [-0.25, -0.2) is 9.48 Å². The Morgan fingerprint density at radius 3 is 2.78 bits per heavy atom. The van der Waals surface area contributed by atoms with Gasteiger partial charge in [-0.05, 0) is 49.6 Å². The van der Waals surface area contributed by atoms with E-state index >= 15 is 0 Å². The number of hydrogen-bond donors (Lipinski definition) is 1. The van der Waals surface area contributed by atoms with E-state index in [1.165, 1.54) is 0 Å². The smallest absolute Gasteiger partial charge is 0.341 e. The maximum Gasteiger partial charge on any atom is 0.345 e. The number of carbonyl (C=O) groups is 1. The SMILES string of the molecule is Cc1nc(=O)[nH]c(C)c1CCC(=O)N(C)Cc1cccc(-n2cccn2)c1. The second-order valence-corrected chi connectivity index (χ2v) is 6.60. The molecule has 0 saturated carbocycles. The quantitative estimate of drug-likeness (QED) is 0.726. The molecule has 0 aliphatic heterocycles. The van der Waals surface area contributed by atoms with Gasteiger partial charge in [0.15, 0.2) is 0 Å². The predicted octanol–water partition coefficient (Wildman–Crippen LogP) is 2.16. The third-order valence-corrected chi connectivity index (χ3v) is 4.57. The molecule has 0 atom stereocenters. The second-order valence-electron chi connectivity index (χ2n) is 6.60. The zero-order valence-electron chi connectivity index (χ0n) is 15.8. The Hall–Kier alpha value is -3.22. The number of nitrogens with zero attached hydrogens (tertiary/aromatic N) is 4. The first-order chi connectivity index (χ1) is 12.9. The molecule has 0 fully saturated rings. The topological polar surface area (TPSA) is 83.9 Å². The molecule has 2 heterocycles. The van der Waals surface area contributed by atoms with Crippen molar-refractivity contribution < 1.29 is 4.79 Å². The largest absolute Gasteiger partial charge is 0.345 e. The third-order valence-electron chi connectivity index (χ3n) is 4.57. The number of amides is 1. The molecule has 3 rings (SSSR count). The van der Waals surface area contributed by atoms with Gasteiger partial charge in [-0.15, -0.1) is 0 Å². The molecule has 27 heavy (non-hydrogen) atoms. The lowest BCUT2D eigenvalue weighted by atomic mass is 10.1. The summed E-state index contributed by atoms with van der Waals surface area (Å²) in [5.41, 5.74) is 4.03. The summed E-state index contributed by atoms with van der Waals surface area (Å²) < 4.78 is 1.79. The Bertz CT molecular complexity index is 966. The van der Waals surface area contributed by atoms with Crippen LogP contribution in [0, 0.1) is 13.8 Å². The summed E-state index contributed by atoms with van der Waals surface area (Å²) >= 11 is 0. The van der Waals surface area contributed by atoms with Crippen molar-refractivity contribution in [3.63, 3.8) is 0 Å². The molecule has 7 heteroatoms. The zero-order valence-corrected chi connectivity index (χ0v) is 15.8. The van der Waals surface area contributed by atoms with Crippen molar-refractivity contribution in [1.82, 2.24) is 24.6 Å². The molecule has 3 aromatic rings. The molecule has 2 aromatic heterocycles. The van der Waals surface area contributed by atoms with Crippen LogP contribution in [-0.2, 0) is 17.8 Å². The van der Waals surface area contributed by atoms with E-state index in [0.717, 1.165) is 22.5 Å². The van der Waals surface area contributed by atoms with E-state index in [1.54, 1.807) is 29.7 Å². The average Bonchev–Trinajstić information content (AvgIpc) is 3.15. The van der Waals surface area contributed by atoms with E-state index in [2.05, 4.69) is 15.1 Å². The highest BCUT2D eigenvalue weighted by Gasteiger charge is 2.13. The fourth-order valence-electron chi connectivity index (χ4n) is 3.13. The van der Waals surface area contributed by atoms with Crippen LogP contribution in [0.3, 0.4) is 0 Å². The Kier molecular flexibility index (Phi) is 5.49. The fourth-order valence-corrected chi connectivity index (χ4v) is 3.13. The zero-order chi connectivity index (χ0) is 19.4. The van der Waals surface area contributed by atoms with E-state index in [9.17, 15) is 9.59 Å². The summed E-state index contributed by atoms with van der Waals surface area (Å²) in [6, 6.07) is 9.84. The van der Waals surface area contributed by atoms with Crippen LogP contribution >= 0.6 is 0 Å². The molecule has 0 radical (unpaired) electrons. The van der Waals surface area contributed by atoms with Crippen molar-refractivity contribution in [3.05, 3.63) is 75.7 Å². The molecule has 0 aliphatic rings. The number of aromatic amines is 1. The molecule has 0 unspecified atom stereocenters. The highest BCUT2D eigenvalue weighted by Crippen LogP contribution is 2.14. The first kappa shape index (κ1) is 18.6. The Morgan fingerprint density at radius 1 is 1.26 bits per heavy atom. The highest BCUT2D eigenvalue weighted by molar-refractivity contribution is 5.76. The molecule has 7 nitrogen and oxygen atoms in total. The fraction of sp³-hybridized carbons (Fsp3) is 0.300. The average molecular weight is 365 g/mol. The summed E-state index contributed by atoms with van der Waals surface area (Å²) in [6.45, 7) is 4.16. The summed E-state index contributed by atoms with van der Waals surface area (Å²) in [5.74, 6) is 0.0458. The van der Waals surface area contributed by atoms with Crippen LogP contribution in [0.4, 0.5) is 0 Å². The van der Waals surface area contributed by atoms with Crippen LogP contribution in [0.25, 0.3) is 5.69 Å². The standard InChI is InChI=1S/C20H23N5O2/c1-14-18(15(2)23-20(27)22-14)8-9-19(26)24(3)13-16-6-4-7-17(12-16)25-11-5-10-21-25/h4-7,10-12H,8-9,13H2,1-3H3,(H,22,23,27). The minimum atomic E-state index is -0.353. The lowest BCUT2D eigenvalue weighted by molar-refractivity contribution is -0.130. The van der Waals surface area contributed by atoms with E-state index in [1.807, 2.05) is 43.5 Å². The number of hydrogen-bond acceptors (Lipinski definition) is 4. The summed E-state index contributed by atoms with van der Waals surface area (Å²) in [6.07, 6.45) is 4.54. The van der Waals surface area contributed by atoms with Crippen molar-refractivity contribution in [2.45, 2.75) is 33.2 Å². The van der Waals surface area contributed by atoms with Gasteiger partial charge in [0.25, 0.3) is 0 Å². The molecule has 1 aromatic carbocycles. The number of carbonyl (C=O) groups excluding carboxylic acids is 1. The van der Waals surface area contributed by atoms with E-state index in [-0.39, 0.29) is 11.6 Å². The summed E-state index contributed by atoms with van der Waals surface area (Å²) in [7, 11) is 1.80. The number of aryl methyl sites for hydroxylation is 2. The van der Waals surface area contributed by atoms with Crippen LogP contribution in [0.5, 0.6) is 0 Å². The number of aromatic nitrogens is 4. The van der Waals surface area contributed by atoms with Gasteiger partial charge >= 0.3 is 5.69 Å². The lowest BCUT2D eigenvalue weighted by Gasteiger charge is -2.18. The molecule has 1 N–H and O–H groups in total. The van der Waals surface area contributed by atoms with Gasteiger partial charge in [0.2, 0.25) is 5.91 Å². The highest BCUT2D eigenvalue weighted by atomic mass is 16.2. The van der Waals surface area contributed by atoms with E-state index in [4.69, 9.17) is 0 Å². The van der Waals surface area contributed by atoms with E-state index in [0.29, 0.717) is 25.1 Å². The van der Waals surface area contributed by atoms with Crippen LogP contribution in [0.1, 0.15) is 28.9 Å².